The van der Waals surface area contributed by atoms with Crippen LogP contribution in [0.4, 0.5) is 0 Å². The van der Waals surface area contributed by atoms with Crippen molar-refractivity contribution in [2.24, 2.45) is 0 Å². The van der Waals surface area contributed by atoms with E-state index in [1.165, 1.54) is 18.2 Å². The van der Waals surface area contributed by atoms with Crippen molar-refractivity contribution in [3.8, 4) is 0 Å². The van der Waals surface area contributed by atoms with Gasteiger partial charge in [0.1, 0.15) is 10.5 Å². The van der Waals surface area contributed by atoms with Gasteiger partial charge in [-0.2, -0.15) is 0 Å². The van der Waals surface area contributed by atoms with E-state index in [-0.39, 0.29) is 10.6 Å². The summed E-state index contributed by atoms with van der Waals surface area (Å²) in [6.45, 7) is 0. The molecule has 0 aromatic heterocycles. The molecule has 4 nitrogen and oxygen atoms in total. The van der Waals surface area contributed by atoms with Gasteiger partial charge in [-0.3, -0.25) is 10.1 Å². The highest BCUT2D eigenvalue weighted by molar-refractivity contribution is 6.33. The normalized spacial score (nSPS) is 9.42. The Morgan fingerprint density at radius 1 is 1.42 bits per heavy atom. The molecule has 0 bridgehead atoms. The molecular formula is C7H4ClNO3. The van der Waals surface area contributed by atoms with Crippen molar-refractivity contribution < 1.29 is 9.72 Å². The van der Waals surface area contributed by atoms with Crippen LogP contribution in [0, 0.1) is 10.1 Å². The zero-order chi connectivity index (χ0) is 9.14. The number of amides is 1. The van der Waals surface area contributed by atoms with Crippen molar-refractivity contribution >= 4 is 17.5 Å². The number of nitrogens with zero attached hydrogens (tertiary/aromatic N) is 1. The molecule has 0 aliphatic rings. The zero-order valence-corrected chi connectivity index (χ0v) is 6.62. The van der Waals surface area contributed by atoms with E-state index in [1.807, 2.05) is 0 Å². The Balaban J connectivity index is 3.11. The maximum Gasteiger partial charge on any atom is 0.478 e. The van der Waals surface area contributed by atoms with Crippen molar-refractivity contribution in [2.75, 3.05) is 0 Å². The molecule has 0 aliphatic heterocycles. The second kappa shape index (κ2) is 3.32. The van der Waals surface area contributed by atoms with Gasteiger partial charge in [0.05, 0.1) is 5.02 Å². The number of carbonyl (C=O) groups excluding carboxylic acids is 1. The summed E-state index contributed by atoms with van der Waals surface area (Å²) in [5.41, 5.74) is -0.0795. The molecule has 0 saturated heterocycles. The average Bonchev–Trinajstić information content (AvgIpc) is 2.04. The summed E-state index contributed by atoms with van der Waals surface area (Å²) < 4.78 is 0. The predicted molar refractivity (Wildman–Crippen MR) is 42.8 cm³/mol. The summed E-state index contributed by atoms with van der Waals surface area (Å²) in [6.07, 6.45) is 0. The molecule has 1 amide bonds. The Morgan fingerprint density at radius 2 is 2.00 bits per heavy atom. The van der Waals surface area contributed by atoms with Crippen LogP contribution in [0.5, 0.6) is 0 Å². The van der Waals surface area contributed by atoms with Crippen molar-refractivity contribution in [2.45, 2.75) is 0 Å². The molecule has 0 radical (unpaired) electrons. The first kappa shape index (κ1) is 8.67. The van der Waals surface area contributed by atoms with Crippen LogP contribution in [0.1, 0.15) is 10.4 Å². The lowest BCUT2D eigenvalue weighted by Crippen LogP contribution is -2.11. The number of nitro groups is 1. The number of rotatable bonds is 1. The lowest BCUT2D eigenvalue weighted by molar-refractivity contribution is -0.375. The predicted octanol–water partition coefficient (Wildman–Crippen LogP) is 1.76. The van der Waals surface area contributed by atoms with Gasteiger partial charge < -0.3 is 0 Å². The quantitative estimate of drug-likeness (QED) is 0.495. The van der Waals surface area contributed by atoms with Crippen molar-refractivity contribution in [3.63, 3.8) is 0 Å². The molecular weight excluding hydrogens is 182 g/mol. The maximum atomic E-state index is 10.8. The van der Waals surface area contributed by atoms with Gasteiger partial charge in [-0.15, -0.1) is 0 Å². The SMILES string of the molecule is O=C(c1ccccc1Cl)[N+](=O)[O-]. The second-order valence-electron chi connectivity index (χ2n) is 2.04. The molecule has 1 aromatic rings. The van der Waals surface area contributed by atoms with Crippen molar-refractivity contribution in [1.82, 2.24) is 0 Å². The van der Waals surface area contributed by atoms with E-state index in [1.54, 1.807) is 6.07 Å². The molecule has 62 valence electrons. The van der Waals surface area contributed by atoms with E-state index < -0.39 is 10.8 Å². The van der Waals surface area contributed by atoms with Gasteiger partial charge in [-0.1, -0.05) is 23.7 Å². The first-order valence-electron chi connectivity index (χ1n) is 3.06. The lowest BCUT2D eigenvalue weighted by Gasteiger charge is -1.93. The summed E-state index contributed by atoms with van der Waals surface area (Å²) in [7, 11) is 0. The monoisotopic (exact) mass is 185 g/mol. The summed E-state index contributed by atoms with van der Waals surface area (Å²) >= 11 is 5.54. The van der Waals surface area contributed by atoms with Crippen LogP contribution in [0.15, 0.2) is 24.3 Å². The third-order valence-corrected chi connectivity index (χ3v) is 1.60. The molecule has 0 aliphatic carbocycles. The number of benzene rings is 1. The molecule has 0 fully saturated rings. The largest absolute Gasteiger partial charge is 0.478 e. The number of hydrogen-bond acceptors (Lipinski definition) is 3. The highest BCUT2D eigenvalue weighted by atomic mass is 35.5. The van der Waals surface area contributed by atoms with Crippen molar-refractivity contribution in [3.05, 3.63) is 45.0 Å². The van der Waals surface area contributed by atoms with Crippen LogP contribution < -0.4 is 0 Å². The van der Waals surface area contributed by atoms with Gasteiger partial charge in [0.2, 0.25) is 0 Å². The minimum absolute atomic E-state index is 0.0795. The number of hydrogen-bond donors (Lipinski definition) is 0. The number of carbonyl (C=O) groups is 1. The van der Waals surface area contributed by atoms with Gasteiger partial charge in [0.25, 0.3) is 0 Å². The van der Waals surface area contributed by atoms with Crippen LogP contribution in [0.2, 0.25) is 5.02 Å². The zero-order valence-electron chi connectivity index (χ0n) is 5.86. The highest BCUT2D eigenvalue weighted by Crippen LogP contribution is 2.15. The minimum Gasteiger partial charge on any atom is -0.255 e. The van der Waals surface area contributed by atoms with Crippen LogP contribution in [0.3, 0.4) is 0 Å². The molecule has 0 saturated carbocycles. The van der Waals surface area contributed by atoms with Crippen LogP contribution >= 0.6 is 11.6 Å². The van der Waals surface area contributed by atoms with Gasteiger partial charge >= 0.3 is 5.91 Å². The van der Waals surface area contributed by atoms with E-state index in [9.17, 15) is 14.9 Å². The van der Waals surface area contributed by atoms with E-state index in [0.29, 0.717) is 0 Å². The summed E-state index contributed by atoms with van der Waals surface area (Å²) in [6, 6.07) is 5.85. The molecule has 0 heterocycles. The molecule has 0 N–H and O–H groups in total. The summed E-state index contributed by atoms with van der Waals surface area (Å²) in [4.78, 5) is 19.8. The maximum absolute atomic E-state index is 10.8. The first-order valence-corrected chi connectivity index (χ1v) is 3.44. The van der Waals surface area contributed by atoms with Crippen LogP contribution in [-0.4, -0.2) is 10.8 Å². The van der Waals surface area contributed by atoms with E-state index >= 15 is 0 Å². The van der Waals surface area contributed by atoms with Crippen molar-refractivity contribution in [1.29, 1.82) is 0 Å². The summed E-state index contributed by atoms with van der Waals surface area (Å²) in [5, 5.41) is 10.1. The third-order valence-electron chi connectivity index (χ3n) is 1.27. The van der Waals surface area contributed by atoms with E-state index in [4.69, 9.17) is 11.6 Å². The van der Waals surface area contributed by atoms with Crippen LogP contribution in [0.25, 0.3) is 0 Å². The van der Waals surface area contributed by atoms with Gasteiger partial charge in [-0.25, -0.2) is 4.79 Å². The molecule has 12 heavy (non-hydrogen) atoms. The molecule has 5 heteroatoms. The fourth-order valence-electron chi connectivity index (χ4n) is 0.733. The Kier molecular flexibility index (Phi) is 2.40. The Labute approximate surface area is 72.9 Å². The average molecular weight is 186 g/mol. The Morgan fingerprint density at radius 3 is 2.50 bits per heavy atom. The van der Waals surface area contributed by atoms with Gasteiger partial charge in [-0.05, 0) is 12.1 Å². The van der Waals surface area contributed by atoms with Gasteiger partial charge in [0.15, 0.2) is 0 Å². The van der Waals surface area contributed by atoms with Crippen LogP contribution in [-0.2, 0) is 0 Å². The van der Waals surface area contributed by atoms with E-state index in [2.05, 4.69) is 0 Å². The fourth-order valence-corrected chi connectivity index (χ4v) is 0.950. The van der Waals surface area contributed by atoms with Gasteiger partial charge in [0, 0.05) is 0 Å². The highest BCUT2D eigenvalue weighted by Gasteiger charge is 2.20. The van der Waals surface area contributed by atoms with E-state index in [0.717, 1.165) is 0 Å². The third kappa shape index (κ3) is 1.60. The molecule has 1 rings (SSSR count). The minimum atomic E-state index is -1.18. The Bertz CT molecular complexity index is 337. The lowest BCUT2D eigenvalue weighted by atomic mass is 10.2. The Hall–Kier alpha value is -1.42. The summed E-state index contributed by atoms with van der Waals surface area (Å²) in [5.74, 6) is -1.18. The fraction of sp³-hybridized carbons (Fsp3) is 0. The molecule has 0 spiro atoms. The smallest absolute Gasteiger partial charge is 0.255 e. The molecule has 1 aromatic carbocycles. The topological polar surface area (TPSA) is 60.2 Å². The number of halogens is 1. The first-order chi connectivity index (χ1) is 5.63. The molecule has 0 unspecified atom stereocenters. The second-order valence-corrected chi connectivity index (χ2v) is 2.45. The standard InChI is InChI=1S/C7H4ClNO3/c8-6-4-2-1-3-5(6)7(10)9(11)12/h1-4H. The molecule has 0 atom stereocenters.